The molecule has 30 heavy (non-hydrogen) atoms. The fraction of sp³-hybridized carbons (Fsp3) is 0.600. The van der Waals surface area contributed by atoms with E-state index in [4.69, 9.17) is 18.5 Å². The average Bonchev–Trinajstić information content (AvgIpc) is 2.77. The molecule has 0 unspecified atom stereocenters. The van der Waals surface area contributed by atoms with Gasteiger partial charge in [-0.25, -0.2) is 9.97 Å². The van der Waals surface area contributed by atoms with Crippen LogP contribution in [-0.2, 0) is 13.6 Å². The molecule has 0 saturated carbocycles. The lowest BCUT2D eigenvalue weighted by molar-refractivity contribution is 0.210. The van der Waals surface area contributed by atoms with Crippen molar-refractivity contribution in [2.45, 2.75) is 13.8 Å². The number of fused-ring (bicyclic) bond motifs is 1. The van der Waals surface area contributed by atoms with Crippen LogP contribution in [0, 0.1) is 0 Å². The predicted octanol–water partition coefficient (Wildman–Crippen LogP) is 3.04. The zero-order chi connectivity index (χ0) is 21.6. The van der Waals surface area contributed by atoms with Crippen molar-refractivity contribution in [3.05, 3.63) is 18.5 Å². The Hall–Kier alpha value is -1.93. The minimum atomic E-state index is -3.01. The molecule has 1 aromatic heterocycles. The maximum atomic E-state index is 12.7. The molecule has 0 N–H and O–H groups in total. The van der Waals surface area contributed by atoms with E-state index in [9.17, 15) is 4.57 Å². The standard InChI is InChI=1S/C20H31N4O5P/c1-5-28-30(25,29-6-2)12-11-23-7-9-24(10-8-23)20-16-13-18(26-3)19(27-4)14-17(16)21-15-22-20/h13-15H,5-12H2,1-4H3. The molecular formula is C20H31N4O5P. The van der Waals surface area contributed by atoms with Gasteiger partial charge in [-0.15, -0.1) is 0 Å². The van der Waals surface area contributed by atoms with Crippen LogP contribution < -0.4 is 14.4 Å². The summed E-state index contributed by atoms with van der Waals surface area (Å²) in [7, 11) is 0.222. The van der Waals surface area contributed by atoms with Crippen molar-refractivity contribution in [2.24, 2.45) is 0 Å². The molecular weight excluding hydrogens is 407 g/mol. The molecule has 0 radical (unpaired) electrons. The molecule has 3 rings (SSSR count). The van der Waals surface area contributed by atoms with Crippen LogP contribution in [0.1, 0.15) is 13.8 Å². The van der Waals surface area contributed by atoms with Gasteiger partial charge in [0.05, 0.1) is 39.1 Å². The van der Waals surface area contributed by atoms with Crippen molar-refractivity contribution in [3.63, 3.8) is 0 Å². The van der Waals surface area contributed by atoms with Crippen LogP contribution in [0.25, 0.3) is 10.9 Å². The Kier molecular flexibility index (Phi) is 7.88. The van der Waals surface area contributed by atoms with Gasteiger partial charge in [0.15, 0.2) is 11.5 Å². The molecule has 10 heteroatoms. The van der Waals surface area contributed by atoms with Crippen molar-refractivity contribution in [1.82, 2.24) is 14.9 Å². The summed E-state index contributed by atoms with van der Waals surface area (Å²) in [5.74, 6) is 2.18. The van der Waals surface area contributed by atoms with Gasteiger partial charge in [0, 0.05) is 44.2 Å². The van der Waals surface area contributed by atoms with E-state index in [2.05, 4.69) is 19.8 Å². The summed E-state index contributed by atoms with van der Waals surface area (Å²) < 4.78 is 34.3. The summed E-state index contributed by atoms with van der Waals surface area (Å²) in [5, 5.41) is 0.931. The third-order valence-corrected chi connectivity index (χ3v) is 7.18. The minimum absolute atomic E-state index is 0.389. The van der Waals surface area contributed by atoms with Gasteiger partial charge in [-0.1, -0.05) is 0 Å². The highest BCUT2D eigenvalue weighted by atomic mass is 31.2. The van der Waals surface area contributed by atoms with Crippen LogP contribution in [-0.4, -0.2) is 81.2 Å². The SMILES string of the molecule is CCOP(=O)(CCN1CCN(c2ncnc3cc(OC)c(OC)cc23)CC1)OCC. The first-order valence-corrected chi connectivity index (χ1v) is 12.0. The van der Waals surface area contributed by atoms with E-state index >= 15 is 0 Å². The second-order valence-electron chi connectivity index (χ2n) is 6.92. The van der Waals surface area contributed by atoms with E-state index in [0.29, 0.717) is 37.4 Å². The smallest absolute Gasteiger partial charge is 0.331 e. The van der Waals surface area contributed by atoms with Crippen LogP contribution in [0.5, 0.6) is 11.5 Å². The summed E-state index contributed by atoms with van der Waals surface area (Å²) in [5.41, 5.74) is 0.814. The van der Waals surface area contributed by atoms with Crippen molar-refractivity contribution in [2.75, 3.05) is 71.2 Å². The molecule has 0 atom stereocenters. The maximum Gasteiger partial charge on any atom is 0.331 e. The number of rotatable bonds is 10. The molecule has 1 aliphatic rings. The van der Waals surface area contributed by atoms with Crippen LogP contribution in [0.4, 0.5) is 5.82 Å². The molecule has 1 aliphatic heterocycles. The van der Waals surface area contributed by atoms with E-state index in [1.54, 1.807) is 20.5 Å². The molecule has 2 aromatic rings. The number of anilines is 1. The highest BCUT2D eigenvalue weighted by Crippen LogP contribution is 2.47. The van der Waals surface area contributed by atoms with Crippen LogP contribution in [0.3, 0.4) is 0 Å². The topological polar surface area (TPSA) is 86.3 Å². The van der Waals surface area contributed by atoms with Crippen molar-refractivity contribution in [3.8, 4) is 11.5 Å². The number of ether oxygens (including phenoxy) is 2. The number of hydrogen-bond donors (Lipinski definition) is 0. The average molecular weight is 438 g/mol. The van der Waals surface area contributed by atoms with Crippen molar-refractivity contribution >= 4 is 24.3 Å². The van der Waals surface area contributed by atoms with Gasteiger partial charge >= 0.3 is 7.60 Å². The number of hydrogen-bond acceptors (Lipinski definition) is 9. The zero-order valence-electron chi connectivity index (χ0n) is 18.2. The highest BCUT2D eigenvalue weighted by molar-refractivity contribution is 7.53. The first-order chi connectivity index (χ1) is 14.5. The molecule has 0 bridgehead atoms. The van der Waals surface area contributed by atoms with Crippen molar-refractivity contribution in [1.29, 1.82) is 0 Å². The third-order valence-electron chi connectivity index (χ3n) is 5.13. The molecule has 1 aromatic carbocycles. The zero-order valence-corrected chi connectivity index (χ0v) is 19.1. The van der Waals surface area contributed by atoms with Gasteiger partial charge < -0.3 is 23.4 Å². The van der Waals surface area contributed by atoms with Gasteiger partial charge in [0.25, 0.3) is 0 Å². The van der Waals surface area contributed by atoms with Gasteiger partial charge in [0.1, 0.15) is 12.1 Å². The minimum Gasteiger partial charge on any atom is -0.493 e. The van der Waals surface area contributed by atoms with E-state index in [0.717, 1.165) is 42.9 Å². The summed E-state index contributed by atoms with van der Waals surface area (Å²) in [6, 6.07) is 3.80. The Morgan fingerprint density at radius 3 is 2.20 bits per heavy atom. The van der Waals surface area contributed by atoms with Gasteiger partial charge in [0.2, 0.25) is 0 Å². The maximum absolute atomic E-state index is 12.7. The Balaban J connectivity index is 1.68. The van der Waals surface area contributed by atoms with E-state index in [1.165, 1.54) is 0 Å². The number of methoxy groups -OCH3 is 2. The summed E-state index contributed by atoms with van der Waals surface area (Å²) in [6.45, 7) is 8.44. The summed E-state index contributed by atoms with van der Waals surface area (Å²) in [4.78, 5) is 13.5. The van der Waals surface area contributed by atoms with Crippen LogP contribution in [0.2, 0.25) is 0 Å². The lowest BCUT2D eigenvalue weighted by Gasteiger charge is -2.36. The summed E-state index contributed by atoms with van der Waals surface area (Å²) >= 11 is 0. The largest absolute Gasteiger partial charge is 0.493 e. The van der Waals surface area contributed by atoms with E-state index in [1.807, 2.05) is 26.0 Å². The second kappa shape index (κ2) is 10.4. The quantitative estimate of drug-likeness (QED) is 0.520. The van der Waals surface area contributed by atoms with E-state index < -0.39 is 7.60 Å². The second-order valence-corrected chi connectivity index (χ2v) is 9.11. The molecule has 2 heterocycles. The van der Waals surface area contributed by atoms with Gasteiger partial charge in [-0.3, -0.25) is 9.46 Å². The Morgan fingerprint density at radius 2 is 1.60 bits per heavy atom. The highest BCUT2D eigenvalue weighted by Gasteiger charge is 2.26. The van der Waals surface area contributed by atoms with Crippen LogP contribution in [0.15, 0.2) is 18.5 Å². The molecule has 166 valence electrons. The van der Waals surface area contributed by atoms with Crippen molar-refractivity contribution < 1.29 is 23.1 Å². The number of aromatic nitrogens is 2. The molecule has 1 saturated heterocycles. The molecule has 1 fully saturated rings. The first kappa shape index (κ1) is 22.7. The Labute approximate surface area is 177 Å². The van der Waals surface area contributed by atoms with Gasteiger partial charge in [-0.2, -0.15) is 0 Å². The van der Waals surface area contributed by atoms with E-state index in [-0.39, 0.29) is 0 Å². The third kappa shape index (κ3) is 5.21. The lowest BCUT2D eigenvalue weighted by atomic mass is 10.2. The molecule has 0 spiro atoms. The summed E-state index contributed by atoms with van der Waals surface area (Å²) in [6.07, 6.45) is 1.98. The number of nitrogens with zero attached hydrogens (tertiary/aromatic N) is 4. The molecule has 0 aliphatic carbocycles. The fourth-order valence-electron chi connectivity index (χ4n) is 3.63. The normalized spacial score (nSPS) is 15.5. The molecule has 0 amide bonds. The number of benzene rings is 1. The molecule has 9 nitrogen and oxygen atoms in total. The monoisotopic (exact) mass is 438 g/mol. The predicted molar refractivity (Wildman–Crippen MR) is 117 cm³/mol. The fourth-order valence-corrected chi connectivity index (χ4v) is 5.28. The lowest BCUT2D eigenvalue weighted by Crippen LogP contribution is -2.47. The van der Waals surface area contributed by atoms with Crippen LogP contribution >= 0.6 is 7.60 Å². The first-order valence-electron chi connectivity index (χ1n) is 10.3. The Bertz CT molecular complexity index is 879. The van der Waals surface area contributed by atoms with Gasteiger partial charge in [-0.05, 0) is 19.9 Å². The Morgan fingerprint density at radius 1 is 0.967 bits per heavy atom. The number of piperazine rings is 1.